The average Bonchev–Trinajstić information content (AvgIpc) is 2.39. The van der Waals surface area contributed by atoms with Crippen LogP contribution < -0.4 is 10.0 Å². The van der Waals surface area contributed by atoms with Gasteiger partial charge in [0.2, 0.25) is 16.0 Å². The third-order valence-electron chi connectivity index (χ3n) is 2.38. The summed E-state index contributed by atoms with van der Waals surface area (Å²) < 4.78 is 26.4. The first-order valence-electron chi connectivity index (χ1n) is 6.14. The van der Waals surface area contributed by atoms with E-state index in [1.807, 2.05) is 0 Å². The minimum atomic E-state index is -3.46. The summed E-state index contributed by atoms with van der Waals surface area (Å²) in [5.41, 5.74) is 0.722. The highest BCUT2D eigenvalue weighted by molar-refractivity contribution is 14.0. The number of nitrogens with zero attached hydrogens (tertiary/aromatic N) is 2. The van der Waals surface area contributed by atoms with Crippen LogP contribution in [0.15, 0.2) is 47.6 Å². The maximum atomic E-state index is 12.0. The van der Waals surface area contributed by atoms with E-state index in [0.717, 1.165) is 5.69 Å². The number of rotatable bonds is 5. The molecular formula is C13H22I2N4O2S. The summed E-state index contributed by atoms with van der Waals surface area (Å²) >= 11 is 0. The van der Waals surface area contributed by atoms with E-state index in [0.29, 0.717) is 5.95 Å². The van der Waals surface area contributed by atoms with Crippen LogP contribution in [0.4, 0.5) is 11.6 Å². The molecule has 0 aliphatic carbocycles. The van der Waals surface area contributed by atoms with Crippen molar-refractivity contribution < 1.29 is 11.3 Å². The number of hydrogen-bond donors (Lipinski definition) is 2. The third kappa shape index (κ3) is 6.30. The van der Waals surface area contributed by atoms with E-state index in [4.69, 9.17) is 0 Å². The lowest BCUT2D eigenvalue weighted by molar-refractivity contribution is 0.570. The first-order valence-corrected chi connectivity index (χ1v) is 7.62. The van der Waals surface area contributed by atoms with Gasteiger partial charge in [-0.2, -0.15) is 0 Å². The quantitative estimate of drug-likeness (QED) is 0.554. The molecular weight excluding hydrogens is 530 g/mol. The molecule has 2 N–H and O–H groups in total. The summed E-state index contributed by atoms with van der Waals surface area (Å²) in [6.45, 7) is 3.56. The zero-order valence-electron chi connectivity index (χ0n) is 12.1. The van der Waals surface area contributed by atoms with Gasteiger partial charge < -0.3 is 5.32 Å². The molecule has 0 radical (unpaired) electrons. The molecule has 0 aliphatic heterocycles. The summed E-state index contributed by atoms with van der Waals surface area (Å²) in [7, 11) is -3.46. The van der Waals surface area contributed by atoms with Gasteiger partial charge in [0.25, 0.3) is 0 Å². The van der Waals surface area contributed by atoms with Gasteiger partial charge in [0.15, 0.2) is 0 Å². The number of sulfonamides is 1. The highest BCUT2D eigenvalue weighted by Gasteiger charge is 2.14. The van der Waals surface area contributed by atoms with Gasteiger partial charge in [0.05, 0.1) is 4.90 Å². The fourth-order valence-electron chi connectivity index (χ4n) is 1.59. The van der Waals surface area contributed by atoms with Crippen molar-refractivity contribution in [1.29, 1.82) is 0 Å². The molecule has 0 unspecified atom stereocenters. The van der Waals surface area contributed by atoms with Crippen LogP contribution in [0, 0.1) is 0 Å². The highest BCUT2D eigenvalue weighted by Crippen LogP contribution is 2.16. The van der Waals surface area contributed by atoms with Gasteiger partial charge in [0, 0.05) is 27.0 Å². The van der Waals surface area contributed by atoms with E-state index >= 15 is 0 Å². The minimum absolute atomic E-state index is 0. The average molecular weight is 552 g/mol. The normalized spacial score (nSPS) is 10.5. The smallest absolute Gasteiger partial charge is 0.240 e. The molecule has 0 amide bonds. The maximum absolute atomic E-state index is 12.0. The van der Waals surface area contributed by atoms with Gasteiger partial charge in [-0.3, -0.25) is 0 Å². The van der Waals surface area contributed by atoms with Crippen molar-refractivity contribution in [2.75, 3.05) is 5.32 Å². The fourth-order valence-corrected chi connectivity index (χ4v) is 2.84. The van der Waals surface area contributed by atoms with Crippen molar-refractivity contribution >= 4 is 69.6 Å². The molecule has 0 saturated carbocycles. The molecule has 126 valence electrons. The molecule has 1 heterocycles. The molecule has 0 bridgehead atoms. The fraction of sp³-hybridized carbons (Fsp3) is 0.231. The first-order chi connectivity index (χ1) is 9.47. The lowest BCUT2D eigenvalue weighted by Crippen LogP contribution is -2.30. The number of benzene rings is 1. The Kier molecular flexibility index (Phi) is 9.34. The van der Waals surface area contributed by atoms with Gasteiger partial charge in [-0.05, 0) is 44.2 Å². The van der Waals surface area contributed by atoms with E-state index in [1.54, 1.807) is 44.4 Å². The van der Waals surface area contributed by atoms with Crippen LogP contribution in [-0.2, 0) is 10.0 Å². The summed E-state index contributed by atoms with van der Waals surface area (Å²) in [6, 6.07) is 8.00. The number of aromatic nitrogens is 2. The molecule has 0 saturated heterocycles. The summed E-state index contributed by atoms with van der Waals surface area (Å²) in [5.74, 6) is 0.461. The largest absolute Gasteiger partial charge is 0.324 e. The van der Waals surface area contributed by atoms with E-state index in [1.165, 1.54) is 12.1 Å². The number of halogens is 2. The molecule has 2 aromatic rings. The predicted molar refractivity (Wildman–Crippen MR) is 112 cm³/mol. The molecule has 0 aliphatic rings. The second kappa shape index (κ2) is 9.57. The number of hydrogen-bond acceptors (Lipinski definition) is 5. The monoisotopic (exact) mass is 552 g/mol. The van der Waals surface area contributed by atoms with E-state index in [2.05, 4.69) is 20.0 Å². The molecule has 9 heteroatoms. The van der Waals surface area contributed by atoms with Crippen LogP contribution in [0.2, 0.25) is 0 Å². The lowest BCUT2D eigenvalue weighted by Gasteiger charge is -2.10. The van der Waals surface area contributed by atoms with Crippen LogP contribution >= 0.6 is 48.0 Å². The van der Waals surface area contributed by atoms with Crippen molar-refractivity contribution in [3.8, 4) is 0 Å². The molecule has 1 aromatic heterocycles. The molecule has 6 nitrogen and oxygen atoms in total. The Labute approximate surface area is 167 Å². The Bertz CT molecular complexity index is 674. The van der Waals surface area contributed by atoms with E-state index in [9.17, 15) is 8.42 Å². The molecule has 0 fully saturated rings. The highest BCUT2D eigenvalue weighted by atomic mass is 127. The summed E-state index contributed by atoms with van der Waals surface area (Å²) in [4.78, 5) is 8.29. The van der Waals surface area contributed by atoms with Crippen LogP contribution in [-0.4, -0.2) is 24.4 Å². The van der Waals surface area contributed by atoms with Crippen LogP contribution in [0.1, 0.15) is 16.7 Å². The second-order valence-corrected chi connectivity index (χ2v) is 6.21. The Hall–Kier alpha value is -0.530. The molecule has 1 aromatic carbocycles. The maximum Gasteiger partial charge on any atom is 0.240 e. The predicted octanol–water partition coefficient (Wildman–Crippen LogP) is 3.63. The Morgan fingerprint density at radius 2 is 1.59 bits per heavy atom. The minimum Gasteiger partial charge on any atom is -0.324 e. The van der Waals surface area contributed by atoms with Crippen molar-refractivity contribution in [3.05, 3.63) is 42.7 Å². The lowest BCUT2D eigenvalue weighted by atomic mass is 10.3. The van der Waals surface area contributed by atoms with Crippen molar-refractivity contribution in [3.63, 3.8) is 0 Å². The second-order valence-electron chi connectivity index (χ2n) is 4.50. The van der Waals surface area contributed by atoms with Gasteiger partial charge in [-0.25, -0.2) is 23.1 Å². The van der Waals surface area contributed by atoms with Gasteiger partial charge >= 0.3 is 0 Å². The van der Waals surface area contributed by atoms with Crippen LogP contribution in [0.25, 0.3) is 0 Å². The first kappa shape index (κ1) is 21.5. The number of nitrogens with one attached hydrogen (secondary N) is 2. The molecule has 2 rings (SSSR count). The van der Waals surface area contributed by atoms with Crippen LogP contribution in [0.3, 0.4) is 0 Å². The zero-order valence-corrected chi connectivity index (χ0v) is 17.5. The number of anilines is 2. The van der Waals surface area contributed by atoms with Gasteiger partial charge in [0.1, 0.15) is 0 Å². The van der Waals surface area contributed by atoms with E-state index in [-0.39, 0.29) is 61.7 Å². The van der Waals surface area contributed by atoms with Gasteiger partial charge in [-0.1, -0.05) is 0 Å². The zero-order chi connectivity index (χ0) is 14.6. The standard InChI is InChI=1S/C13H16N4O2S.2HI.2H2/c1-10(2)17-20(18,19)12-6-4-11(5-7-12)16-13-14-8-3-9-15-13;;;;/h3-10,17H,1-2H3,(H,14,15,16);4*1H. The van der Waals surface area contributed by atoms with Crippen molar-refractivity contribution in [2.24, 2.45) is 0 Å². The molecule has 22 heavy (non-hydrogen) atoms. The molecule has 0 atom stereocenters. The summed E-state index contributed by atoms with van der Waals surface area (Å²) in [5, 5.41) is 2.99. The Morgan fingerprint density at radius 3 is 2.09 bits per heavy atom. The van der Waals surface area contributed by atoms with E-state index < -0.39 is 10.0 Å². The Balaban J connectivity index is -0.00000110. The SMILES string of the molecule is CC(C)NS(=O)(=O)c1ccc(Nc2ncccn2)cc1.I.I.[HH].[HH]. The topological polar surface area (TPSA) is 84.0 Å². The van der Waals surface area contributed by atoms with Gasteiger partial charge in [-0.15, -0.1) is 48.0 Å². The third-order valence-corrected chi connectivity index (χ3v) is 4.05. The summed E-state index contributed by atoms with van der Waals surface area (Å²) in [6.07, 6.45) is 3.25. The van der Waals surface area contributed by atoms with Crippen LogP contribution in [0.5, 0.6) is 0 Å². The van der Waals surface area contributed by atoms with Crippen molar-refractivity contribution in [2.45, 2.75) is 24.8 Å². The molecule has 0 spiro atoms. The Morgan fingerprint density at radius 1 is 1.05 bits per heavy atom. The van der Waals surface area contributed by atoms with Crippen molar-refractivity contribution in [1.82, 2.24) is 14.7 Å².